The lowest BCUT2D eigenvalue weighted by Crippen LogP contribution is -2.55. The Balaban J connectivity index is 1.27. The highest BCUT2D eigenvalue weighted by Gasteiger charge is 2.39. The number of carbonyl (C=O) groups excluding carboxylic acids is 1. The Bertz CT molecular complexity index is 1600. The van der Waals surface area contributed by atoms with Crippen molar-refractivity contribution in [1.82, 2.24) is 24.7 Å². The molecule has 1 aromatic carbocycles. The van der Waals surface area contributed by atoms with Crippen LogP contribution in [-0.2, 0) is 23.9 Å². The molecule has 0 N–H and O–H groups in total. The first-order valence-electron chi connectivity index (χ1n) is 16.6. The molecule has 0 bridgehead atoms. The molecular formula is C34H40ClF3N8O2. The van der Waals surface area contributed by atoms with Crippen LogP contribution in [0, 0.1) is 23.2 Å². The van der Waals surface area contributed by atoms with Gasteiger partial charge in [-0.1, -0.05) is 23.6 Å². The van der Waals surface area contributed by atoms with E-state index in [0.29, 0.717) is 57.3 Å². The Labute approximate surface area is 284 Å². The molecule has 3 saturated heterocycles. The first-order valence-corrected chi connectivity index (χ1v) is 17.0. The van der Waals surface area contributed by atoms with Crippen molar-refractivity contribution < 1.29 is 22.7 Å². The molecule has 2 aromatic rings. The van der Waals surface area contributed by atoms with Crippen molar-refractivity contribution in [3.63, 3.8) is 0 Å². The van der Waals surface area contributed by atoms with Gasteiger partial charge in [0.25, 0.3) is 5.91 Å². The summed E-state index contributed by atoms with van der Waals surface area (Å²) >= 11 is 6.07. The minimum absolute atomic E-state index is 0.00270. The van der Waals surface area contributed by atoms with E-state index in [4.69, 9.17) is 26.3 Å². The second-order valence-corrected chi connectivity index (χ2v) is 13.3. The van der Waals surface area contributed by atoms with Gasteiger partial charge in [0.2, 0.25) is 0 Å². The molecule has 0 saturated carbocycles. The van der Waals surface area contributed by atoms with E-state index in [9.17, 15) is 23.2 Å². The third kappa shape index (κ3) is 7.59. The minimum atomic E-state index is -4.63. The number of nitrogens with zero attached hydrogens (tertiary/aromatic N) is 8. The average Bonchev–Trinajstić information content (AvgIpc) is 3.74. The smallest absolute Gasteiger partial charge is 0.419 e. The third-order valence-electron chi connectivity index (χ3n) is 9.78. The first-order chi connectivity index (χ1) is 23.1. The van der Waals surface area contributed by atoms with Crippen molar-refractivity contribution in [2.75, 3.05) is 75.8 Å². The fourth-order valence-corrected chi connectivity index (χ4v) is 7.45. The molecule has 10 nitrogen and oxygen atoms in total. The lowest BCUT2D eigenvalue weighted by Gasteiger charge is -2.42. The average molecular weight is 685 g/mol. The number of carbonyl (C=O) groups is 1. The SMILES string of the molecule is CN1CCC[C@H]1COc1nc2c(c(N3CCN(C(=O)C#CCN4CCCC4)[C@@H](CC#N)C3)n1)CCN(c1cccc(Cl)c1C(F)(F)F)C2. The van der Waals surface area contributed by atoms with E-state index in [1.54, 1.807) is 9.80 Å². The number of fused-ring (bicyclic) bond motifs is 1. The van der Waals surface area contributed by atoms with Gasteiger partial charge in [0.15, 0.2) is 0 Å². The summed E-state index contributed by atoms with van der Waals surface area (Å²) < 4.78 is 48.5. The molecule has 0 radical (unpaired) electrons. The van der Waals surface area contributed by atoms with Crippen LogP contribution in [0.3, 0.4) is 0 Å². The third-order valence-corrected chi connectivity index (χ3v) is 10.1. The topological polar surface area (TPSA) is 92.1 Å². The molecule has 6 rings (SSSR count). The highest BCUT2D eigenvalue weighted by Crippen LogP contribution is 2.43. The number of piperazine rings is 1. The number of nitriles is 1. The maximum atomic E-state index is 14.1. The van der Waals surface area contributed by atoms with E-state index in [2.05, 4.69) is 32.6 Å². The highest BCUT2D eigenvalue weighted by molar-refractivity contribution is 6.31. The number of amides is 1. The molecule has 1 aromatic heterocycles. The van der Waals surface area contributed by atoms with Crippen LogP contribution in [0.1, 0.15) is 48.9 Å². The molecule has 48 heavy (non-hydrogen) atoms. The molecule has 3 fully saturated rings. The standard InChI is InChI=1S/C34H40ClF3N8O2/c1-42-14-5-7-25(42)23-48-33-40-28-22-44(29-9-4-8-27(35)31(29)34(36,37)38)18-12-26(28)32(41-33)45-19-20-46(24(21-45)11-13-39)30(47)10-6-17-43-15-2-3-16-43/h4,8-9,24-25H,2-3,5,7,11-12,14-23H2,1H3/t24-,25-/m0/s1. The number of hydrogen-bond acceptors (Lipinski definition) is 9. The molecular weight excluding hydrogens is 645 g/mol. The number of likely N-dealkylation sites (N-methyl/N-ethyl adjacent to an activating group) is 1. The predicted molar refractivity (Wildman–Crippen MR) is 176 cm³/mol. The molecule has 2 atom stereocenters. The largest absolute Gasteiger partial charge is 0.462 e. The van der Waals surface area contributed by atoms with Gasteiger partial charge in [0, 0.05) is 37.8 Å². The van der Waals surface area contributed by atoms with Crippen LogP contribution in [0.2, 0.25) is 5.02 Å². The van der Waals surface area contributed by atoms with Gasteiger partial charge in [-0.2, -0.15) is 28.4 Å². The Morgan fingerprint density at radius 2 is 1.88 bits per heavy atom. The van der Waals surface area contributed by atoms with E-state index in [0.717, 1.165) is 50.9 Å². The van der Waals surface area contributed by atoms with Gasteiger partial charge >= 0.3 is 12.2 Å². The Morgan fingerprint density at radius 3 is 2.60 bits per heavy atom. The molecule has 1 amide bonds. The van der Waals surface area contributed by atoms with Gasteiger partial charge < -0.3 is 24.3 Å². The number of ether oxygens (including phenoxy) is 1. The number of benzene rings is 1. The molecule has 4 aliphatic rings. The molecule has 14 heteroatoms. The van der Waals surface area contributed by atoms with Crippen LogP contribution in [0.4, 0.5) is 24.7 Å². The van der Waals surface area contributed by atoms with Crippen LogP contribution >= 0.6 is 11.6 Å². The summed E-state index contributed by atoms with van der Waals surface area (Å²) in [7, 11) is 2.05. The molecule has 0 unspecified atom stereocenters. The van der Waals surface area contributed by atoms with Crippen LogP contribution in [-0.4, -0.2) is 109 Å². The summed E-state index contributed by atoms with van der Waals surface area (Å²) in [6.07, 6.45) is 0.246. The zero-order valence-corrected chi connectivity index (χ0v) is 27.9. The zero-order valence-electron chi connectivity index (χ0n) is 27.1. The van der Waals surface area contributed by atoms with E-state index in [1.165, 1.54) is 18.2 Å². The summed E-state index contributed by atoms with van der Waals surface area (Å²) in [6.45, 7) is 5.48. The van der Waals surface area contributed by atoms with E-state index in [-0.39, 0.29) is 41.6 Å². The second-order valence-electron chi connectivity index (χ2n) is 12.9. The number of aromatic nitrogens is 2. The zero-order chi connectivity index (χ0) is 33.8. The Kier molecular flexibility index (Phi) is 10.5. The lowest BCUT2D eigenvalue weighted by atomic mass is 10.0. The van der Waals surface area contributed by atoms with Crippen LogP contribution in [0.5, 0.6) is 6.01 Å². The number of likely N-dealkylation sites (tertiary alicyclic amines) is 2. The van der Waals surface area contributed by atoms with E-state index in [1.807, 2.05) is 7.05 Å². The van der Waals surface area contributed by atoms with Crippen molar-refractivity contribution in [1.29, 1.82) is 5.26 Å². The number of halogens is 4. The van der Waals surface area contributed by atoms with Gasteiger partial charge in [-0.25, -0.2) is 0 Å². The number of rotatable bonds is 7. The number of hydrogen-bond donors (Lipinski definition) is 0. The number of anilines is 2. The fourth-order valence-electron chi connectivity index (χ4n) is 7.17. The summed E-state index contributed by atoms with van der Waals surface area (Å²) in [6, 6.07) is 6.40. The van der Waals surface area contributed by atoms with Crippen LogP contribution in [0.25, 0.3) is 0 Å². The summed E-state index contributed by atoms with van der Waals surface area (Å²) in [5, 5.41) is 9.32. The van der Waals surface area contributed by atoms with Crippen molar-refractivity contribution in [3.05, 3.63) is 40.0 Å². The van der Waals surface area contributed by atoms with Crippen molar-refractivity contribution >= 4 is 29.0 Å². The van der Waals surface area contributed by atoms with Crippen LogP contribution < -0.4 is 14.5 Å². The molecule has 256 valence electrons. The number of alkyl halides is 3. The minimum Gasteiger partial charge on any atom is -0.462 e. The van der Waals surface area contributed by atoms with Crippen molar-refractivity contribution in [3.8, 4) is 23.9 Å². The summed E-state index contributed by atoms with van der Waals surface area (Å²) in [5.41, 5.74) is 0.544. The first kappa shape index (κ1) is 34.1. The van der Waals surface area contributed by atoms with E-state index >= 15 is 0 Å². The second kappa shape index (κ2) is 14.8. The monoisotopic (exact) mass is 684 g/mol. The molecule has 0 spiro atoms. The van der Waals surface area contributed by atoms with Gasteiger partial charge in [0.1, 0.15) is 12.4 Å². The van der Waals surface area contributed by atoms with Gasteiger partial charge in [-0.05, 0) is 76.8 Å². The van der Waals surface area contributed by atoms with Crippen molar-refractivity contribution in [2.24, 2.45) is 0 Å². The predicted octanol–water partition coefficient (Wildman–Crippen LogP) is 4.21. The fraction of sp³-hybridized carbons (Fsp3) is 0.588. The maximum absolute atomic E-state index is 14.1. The highest BCUT2D eigenvalue weighted by atomic mass is 35.5. The molecule has 5 heterocycles. The van der Waals surface area contributed by atoms with Gasteiger partial charge in [-0.15, -0.1) is 0 Å². The van der Waals surface area contributed by atoms with Gasteiger partial charge in [-0.3, -0.25) is 9.69 Å². The van der Waals surface area contributed by atoms with Gasteiger partial charge in [0.05, 0.1) is 53.6 Å². The quantitative estimate of drug-likeness (QED) is 0.398. The maximum Gasteiger partial charge on any atom is 0.419 e. The molecule has 4 aliphatic heterocycles. The Hall–Kier alpha value is -3.78. The van der Waals surface area contributed by atoms with Crippen molar-refractivity contribution in [2.45, 2.75) is 63.3 Å². The summed E-state index contributed by atoms with van der Waals surface area (Å²) in [5.74, 6) is 6.15. The Morgan fingerprint density at radius 1 is 1.06 bits per heavy atom. The normalized spacial score (nSPS) is 21.9. The van der Waals surface area contributed by atoms with Crippen LogP contribution in [0.15, 0.2) is 18.2 Å². The van der Waals surface area contributed by atoms with E-state index < -0.39 is 17.8 Å². The lowest BCUT2D eigenvalue weighted by molar-refractivity contribution is -0.137. The summed E-state index contributed by atoms with van der Waals surface area (Å²) in [4.78, 5) is 32.6. The molecule has 0 aliphatic carbocycles.